The van der Waals surface area contributed by atoms with E-state index in [2.05, 4.69) is 17.4 Å². The van der Waals surface area contributed by atoms with Gasteiger partial charge in [-0.2, -0.15) is 0 Å². The number of para-hydroxylation sites is 1. The molecule has 0 aliphatic rings. The molecule has 0 fully saturated rings. The Bertz CT molecular complexity index is 803. The van der Waals surface area contributed by atoms with E-state index in [0.717, 1.165) is 27.3 Å². The summed E-state index contributed by atoms with van der Waals surface area (Å²) in [5, 5.41) is 3.98. The number of anilines is 1. The van der Waals surface area contributed by atoms with E-state index in [9.17, 15) is 4.79 Å². The Morgan fingerprint density at radius 1 is 1.14 bits per heavy atom. The van der Waals surface area contributed by atoms with Gasteiger partial charge < -0.3 is 5.32 Å². The van der Waals surface area contributed by atoms with Gasteiger partial charge in [0.15, 0.2) is 0 Å². The second kappa shape index (κ2) is 5.89. The zero-order valence-electron chi connectivity index (χ0n) is 12.9. The van der Waals surface area contributed by atoms with Gasteiger partial charge in [0, 0.05) is 17.2 Å². The average molecular weight is 310 g/mol. The molecular weight excluding hydrogens is 292 g/mol. The van der Waals surface area contributed by atoms with Gasteiger partial charge in [-0.15, -0.1) is 11.3 Å². The molecule has 1 N–H and O–H groups in total. The molecule has 0 spiro atoms. The van der Waals surface area contributed by atoms with Crippen LogP contribution in [0, 0.1) is 12.8 Å². The molecule has 1 aromatic heterocycles. The molecule has 0 unspecified atom stereocenters. The zero-order chi connectivity index (χ0) is 15.7. The fourth-order valence-electron chi connectivity index (χ4n) is 2.27. The smallest absolute Gasteiger partial charge is 0.226 e. The van der Waals surface area contributed by atoms with E-state index >= 15 is 0 Å². The fraction of sp³-hybridized carbons (Fsp3) is 0.222. The Labute approximate surface area is 134 Å². The predicted octanol–water partition coefficient (Wildman–Crippen LogP) is 4.87. The first-order valence-electron chi connectivity index (χ1n) is 7.32. The van der Waals surface area contributed by atoms with Gasteiger partial charge in [0.25, 0.3) is 0 Å². The lowest BCUT2D eigenvalue weighted by Crippen LogP contribution is -2.18. The molecule has 0 radical (unpaired) electrons. The molecule has 0 saturated carbocycles. The Morgan fingerprint density at radius 3 is 2.64 bits per heavy atom. The van der Waals surface area contributed by atoms with Crippen molar-refractivity contribution in [3.8, 4) is 10.6 Å². The number of hydrogen-bond acceptors (Lipinski definition) is 3. The first-order chi connectivity index (χ1) is 10.6. The van der Waals surface area contributed by atoms with E-state index in [0.29, 0.717) is 0 Å². The van der Waals surface area contributed by atoms with E-state index in [1.807, 2.05) is 51.1 Å². The van der Waals surface area contributed by atoms with Crippen LogP contribution in [0.25, 0.3) is 20.8 Å². The van der Waals surface area contributed by atoms with Crippen LogP contribution in [0.3, 0.4) is 0 Å². The van der Waals surface area contributed by atoms with Gasteiger partial charge in [-0.3, -0.25) is 4.79 Å². The number of rotatable bonds is 3. The number of carbonyl (C=O) groups is 1. The van der Waals surface area contributed by atoms with Crippen molar-refractivity contribution in [3.05, 3.63) is 48.0 Å². The molecule has 22 heavy (non-hydrogen) atoms. The highest BCUT2D eigenvalue weighted by atomic mass is 32.1. The summed E-state index contributed by atoms with van der Waals surface area (Å²) in [4.78, 5) is 16.6. The third-order valence-corrected chi connectivity index (χ3v) is 4.71. The van der Waals surface area contributed by atoms with Crippen LogP contribution in [0.1, 0.15) is 19.4 Å². The number of carbonyl (C=O) groups excluding carboxylic acids is 1. The third-order valence-electron chi connectivity index (χ3n) is 3.64. The summed E-state index contributed by atoms with van der Waals surface area (Å²) in [6, 6.07) is 14.1. The molecule has 0 atom stereocenters. The summed E-state index contributed by atoms with van der Waals surface area (Å²) < 4.78 is 1.17. The molecule has 0 saturated heterocycles. The molecule has 3 aromatic rings. The first kappa shape index (κ1) is 14.7. The van der Waals surface area contributed by atoms with Gasteiger partial charge in [0.1, 0.15) is 5.01 Å². The second-order valence-electron chi connectivity index (χ2n) is 5.61. The summed E-state index contributed by atoms with van der Waals surface area (Å²) in [5.41, 5.74) is 3.99. The number of nitrogens with zero attached hydrogens (tertiary/aromatic N) is 1. The topological polar surface area (TPSA) is 42.0 Å². The van der Waals surface area contributed by atoms with Gasteiger partial charge >= 0.3 is 0 Å². The monoisotopic (exact) mass is 310 g/mol. The normalized spacial score (nSPS) is 11.1. The van der Waals surface area contributed by atoms with Gasteiger partial charge in [0.2, 0.25) is 5.91 Å². The van der Waals surface area contributed by atoms with Crippen molar-refractivity contribution in [1.29, 1.82) is 0 Å². The molecule has 3 nitrogen and oxygen atoms in total. The lowest BCUT2D eigenvalue weighted by atomic mass is 10.1. The summed E-state index contributed by atoms with van der Waals surface area (Å²) >= 11 is 1.67. The zero-order valence-corrected chi connectivity index (χ0v) is 13.7. The predicted molar refractivity (Wildman–Crippen MR) is 93.3 cm³/mol. The average Bonchev–Trinajstić information content (AvgIpc) is 2.92. The summed E-state index contributed by atoms with van der Waals surface area (Å²) in [7, 11) is 0. The second-order valence-corrected chi connectivity index (χ2v) is 6.64. The van der Waals surface area contributed by atoms with Gasteiger partial charge in [0.05, 0.1) is 10.2 Å². The number of aromatic nitrogens is 1. The molecule has 1 heterocycles. The summed E-state index contributed by atoms with van der Waals surface area (Å²) in [6.07, 6.45) is 0. The summed E-state index contributed by atoms with van der Waals surface area (Å²) in [5.74, 6) is -0.00458. The minimum absolute atomic E-state index is 0.0320. The van der Waals surface area contributed by atoms with Gasteiger partial charge in [-0.25, -0.2) is 4.98 Å². The van der Waals surface area contributed by atoms with Crippen molar-refractivity contribution in [3.63, 3.8) is 0 Å². The Balaban J connectivity index is 2.02. The molecule has 3 rings (SSSR count). The molecule has 0 aliphatic carbocycles. The number of benzene rings is 2. The highest BCUT2D eigenvalue weighted by molar-refractivity contribution is 7.21. The largest absolute Gasteiger partial charge is 0.326 e. The van der Waals surface area contributed by atoms with Crippen molar-refractivity contribution in [2.24, 2.45) is 5.92 Å². The molecule has 4 heteroatoms. The van der Waals surface area contributed by atoms with E-state index in [-0.39, 0.29) is 11.8 Å². The van der Waals surface area contributed by atoms with Crippen molar-refractivity contribution in [1.82, 2.24) is 4.98 Å². The number of thiazole rings is 1. The Hall–Kier alpha value is -2.20. The molecule has 2 aromatic carbocycles. The standard InChI is InChI=1S/C18H18N2OS/c1-11(2)17(21)19-14-9-6-7-13(12(14)3)18-20-15-8-4-5-10-16(15)22-18/h4-11H,1-3H3,(H,19,21). The van der Waals surface area contributed by atoms with Crippen LogP contribution >= 0.6 is 11.3 Å². The minimum atomic E-state index is -0.0366. The molecule has 0 bridgehead atoms. The van der Waals surface area contributed by atoms with E-state index in [1.54, 1.807) is 11.3 Å². The summed E-state index contributed by atoms with van der Waals surface area (Å²) in [6.45, 7) is 5.81. The molecule has 0 aliphatic heterocycles. The first-order valence-corrected chi connectivity index (χ1v) is 8.14. The lowest BCUT2D eigenvalue weighted by Gasteiger charge is -2.12. The van der Waals surface area contributed by atoms with E-state index in [1.165, 1.54) is 4.70 Å². The Kier molecular flexibility index (Phi) is 3.94. The van der Waals surface area contributed by atoms with Gasteiger partial charge in [-0.1, -0.05) is 38.1 Å². The van der Waals surface area contributed by atoms with Crippen LogP contribution in [-0.4, -0.2) is 10.9 Å². The van der Waals surface area contributed by atoms with Crippen molar-refractivity contribution >= 4 is 33.1 Å². The third kappa shape index (κ3) is 2.74. The van der Waals surface area contributed by atoms with Gasteiger partial charge in [-0.05, 0) is 30.7 Å². The molecule has 112 valence electrons. The molecular formula is C18H18N2OS. The maximum Gasteiger partial charge on any atom is 0.226 e. The van der Waals surface area contributed by atoms with Crippen molar-refractivity contribution in [2.75, 3.05) is 5.32 Å². The van der Waals surface area contributed by atoms with Crippen molar-refractivity contribution in [2.45, 2.75) is 20.8 Å². The van der Waals surface area contributed by atoms with E-state index in [4.69, 9.17) is 4.98 Å². The maximum atomic E-state index is 11.9. The van der Waals surface area contributed by atoms with E-state index < -0.39 is 0 Å². The van der Waals surface area contributed by atoms with Crippen LogP contribution in [0.15, 0.2) is 42.5 Å². The Morgan fingerprint density at radius 2 is 1.91 bits per heavy atom. The SMILES string of the molecule is Cc1c(NC(=O)C(C)C)cccc1-c1nc2ccccc2s1. The number of hydrogen-bond donors (Lipinski definition) is 1. The number of fused-ring (bicyclic) bond motifs is 1. The highest BCUT2D eigenvalue weighted by Crippen LogP contribution is 2.34. The molecule has 1 amide bonds. The van der Waals surface area contributed by atoms with Crippen LogP contribution in [0.4, 0.5) is 5.69 Å². The van der Waals surface area contributed by atoms with Crippen LogP contribution in [-0.2, 0) is 4.79 Å². The number of nitrogens with one attached hydrogen (secondary N) is 1. The fourth-order valence-corrected chi connectivity index (χ4v) is 3.32. The van der Waals surface area contributed by atoms with Crippen LogP contribution in [0.5, 0.6) is 0 Å². The number of amides is 1. The van der Waals surface area contributed by atoms with Crippen LogP contribution in [0.2, 0.25) is 0 Å². The highest BCUT2D eigenvalue weighted by Gasteiger charge is 2.13. The minimum Gasteiger partial charge on any atom is -0.326 e. The quantitative estimate of drug-likeness (QED) is 0.750. The van der Waals surface area contributed by atoms with Crippen molar-refractivity contribution < 1.29 is 4.79 Å². The maximum absolute atomic E-state index is 11.9. The van der Waals surface area contributed by atoms with Crippen LogP contribution < -0.4 is 5.32 Å². The lowest BCUT2D eigenvalue weighted by molar-refractivity contribution is -0.118.